The van der Waals surface area contributed by atoms with Crippen LogP contribution >= 0.6 is 0 Å². The lowest BCUT2D eigenvalue weighted by Crippen LogP contribution is -2.08. The van der Waals surface area contributed by atoms with Crippen LogP contribution in [-0.2, 0) is 0 Å². The van der Waals surface area contributed by atoms with E-state index >= 15 is 0 Å². The lowest BCUT2D eigenvalue weighted by molar-refractivity contribution is 0.311. The van der Waals surface area contributed by atoms with Gasteiger partial charge in [0.25, 0.3) is 0 Å². The van der Waals surface area contributed by atoms with E-state index in [1.165, 1.54) is 0 Å². The molecule has 0 saturated heterocycles. The summed E-state index contributed by atoms with van der Waals surface area (Å²) in [7, 11) is 1.63. The third-order valence-corrected chi connectivity index (χ3v) is 3.34. The van der Waals surface area contributed by atoms with Crippen LogP contribution in [0.4, 0.5) is 5.82 Å². The third-order valence-electron chi connectivity index (χ3n) is 3.34. The fraction of sp³-hybridized carbons (Fsp3) is 0.176. The number of fused-ring (bicyclic) bond motifs is 1. The van der Waals surface area contributed by atoms with E-state index in [9.17, 15) is 0 Å². The van der Waals surface area contributed by atoms with Crippen LogP contribution in [0.25, 0.3) is 22.3 Å². The Balaban J connectivity index is 2.13. The Morgan fingerprint density at radius 3 is 2.77 bits per heavy atom. The van der Waals surface area contributed by atoms with Crippen LogP contribution < -0.4 is 10.1 Å². The molecular formula is C17H17N3O2. The maximum Gasteiger partial charge on any atom is 0.162 e. The van der Waals surface area contributed by atoms with Gasteiger partial charge in [0.1, 0.15) is 11.6 Å². The van der Waals surface area contributed by atoms with Gasteiger partial charge in [0.2, 0.25) is 0 Å². The van der Waals surface area contributed by atoms with E-state index < -0.39 is 0 Å². The number of hydrogen-bond acceptors (Lipinski definition) is 5. The van der Waals surface area contributed by atoms with Gasteiger partial charge in [-0.1, -0.05) is 24.3 Å². The molecule has 0 bridgehead atoms. The molecule has 0 amide bonds. The number of nitrogens with zero attached hydrogens (tertiary/aromatic N) is 2. The van der Waals surface area contributed by atoms with Crippen LogP contribution in [0, 0.1) is 0 Å². The topological polar surface area (TPSA) is 67.3 Å². The van der Waals surface area contributed by atoms with E-state index in [1.54, 1.807) is 7.11 Å². The molecule has 0 radical (unpaired) electrons. The molecule has 0 aliphatic heterocycles. The van der Waals surface area contributed by atoms with Gasteiger partial charge in [0.05, 0.1) is 19.2 Å². The fourth-order valence-electron chi connectivity index (χ4n) is 2.28. The highest BCUT2D eigenvalue weighted by Crippen LogP contribution is 2.26. The Bertz CT molecular complexity index is 790. The Hall–Kier alpha value is -2.66. The Labute approximate surface area is 128 Å². The molecule has 112 valence electrons. The number of aromatic nitrogens is 2. The quantitative estimate of drug-likeness (QED) is 0.757. The molecule has 0 aliphatic carbocycles. The summed E-state index contributed by atoms with van der Waals surface area (Å²) in [5, 5.41) is 13.1. The minimum absolute atomic E-state index is 0.0484. The Morgan fingerprint density at radius 1 is 1.09 bits per heavy atom. The van der Waals surface area contributed by atoms with Gasteiger partial charge in [-0.05, 0) is 24.3 Å². The third kappa shape index (κ3) is 2.84. The zero-order valence-electron chi connectivity index (χ0n) is 12.3. The number of benzene rings is 2. The van der Waals surface area contributed by atoms with Gasteiger partial charge >= 0.3 is 0 Å². The molecule has 5 heteroatoms. The minimum Gasteiger partial charge on any atom is -0.497 e. The van der Waals surface area contributed by atoms with Crippen molar-refractivity contribution in [2.75, 3.05) is 25.6 Å². The SMILES string of the molecule is COc1cccc(-c2nc(NCCO)c3ccccc3n2)c1. The summed E-state index contributed by atoms with van der Waals surface area (Å²) in [4.78, 5) is 9.22. The second-order valence-electron chi connectivity index (χ2n) is 4.80. The van der Waals surface area contributed by atoms with Crippen LogP contribution in [0.5, 0.6) is 5.75 Å². The van der Waals surface area contributed by atoms with Crippen LogP contribution in [0.1, 0.15) is 0 Å². The van der Waals surface area contributed by atoms with Crippen molar-refractivity contribution in [1.29, 1.82) is 0 Å². The minimum atomic E-state index is 0.0484. The smallest absolute Gasteiger partial charge is 0.162 e. The van der Waals surface area contributed by atoms with E-state index in [2.05, 4.69) is 15.3 Å². The summed E-state index contributed by atoms with van der Waals surface area (Å²) in [6, 6.07) is 15.4. The van der Waals surface area contributed by atoms with Gasteiger partial charge < -0.3 is 15.2 Å². The predicted molar refractivity (Wildman–Crippen MR) is 87.1 cm³/mol. The Morgan fingerprint density at radius 2 is 1.95 bits per heavy atom. The van der Waals surface area contributed by atoms with Crippen molar-refractivity contribution in [2.24, 2.45) is 0 Å². The predicted octanol–water partition coefficient (Wildman–Crippen LogP) is 2.71. The van der Waals surface area contributed by atoms with Gasteiger partial charge in [0.15, 0.2) is 5.82 Å². The van der Waals surface area contributed by atoms with Crippen LogP contribution in [0.15, 0.2) is 48.5 Å². The van der Waals surface area contributed by atoms with Crippen LogP contribution in [0.3, 0.4) is 0 Å². The molecule has 2 aromatic carbocycles. The molecule has 3 rings (SSSR count). The van der Waals surface area contributed by atoms with Crippen LogP contribution in [-0.4, -0.2) is 35.3 Å². The van der Waals surface area contributed by atoms with Crippen LogP contribution in [0.2, 0.25) is 0 Å². The first-order valence-corrected chi connectivity index (χ1v) is 7.08. The highest BCUT2D eigenvalue weighted by Gasteiger charge is 2.09. The lowest BCUT2D eigenvalue weighted by Gasteiger charge is -2.10. The molecule has 1 heterocycles. The van der Waals surface area contributed by atoms with Crippen molar-refractivity contribution in [3.63, 3.8) is 0 Å². The largest absolute Gasteiger partial charge is 0.497 e. The van der Waals surface area contributed by atoms with Gasteiger partial charge in [-0.25, -0.2) is 9.97 Å². The Kier molecular flexibility index (Phi) is 4.16. The second-order valence-corrected chi connectivity index (χ2v) is 4.80. The number of para-hydroxylation sites is 1. The number of methoxy groups -OCH3 is 1. The number of nitrogens with one attached hydrogen (secondary N) is 1. The van der Waals surface area contributed by atoms with E-state index in [-0.39, 0.29) is 6.61 Å². The average Bonchev–Trinajstić information content (AvgIpc) is 2.59. The number of aliphatic hydroxyl groups is 1. The first-order chi connectivity index (χ1) is 10.8. The van der Waals surface area contributed by atoms with Crippen molar-refractivity contribution in [3.05, 3.63) is 48.5 Å². The molecule has 0 atom stereocenters. The number of rotatable bonds is 5. The molecule has 0 fully saturated rings. The molecule has 0 spiro atoms. The monoisotopic (exact) mass is 295 g/mol. The molecule has 22 heavy (non-hydrogen) atoms. The van der Waals surface area contributed by atoms with Crippen molar-refractivity contribution >= 4 is 16.7 Å². The maximum atomic E-state index is 9.03. The number of ether oxygens (including phenoxy) is 1. The summed E-state index contributed by atoms with van der Waals surface area (Å²) in [6.45, 7) is 0.491. The molecular weight excluding hydrogens is 278 g/mol. The highest BCUT2D eigenvalue weighted by atomic mass is 16.5. The number of hydrogen-bond donors (Lipinski definition) is 2. The molecule has 0 unspecified atom stereocenters. The van der Waals surface area contributed by atoms with Crippen molar-refractivity contribution in [3.8, 4) is 17.1 Å². The highest BCUT2D eigenvalue weighted by molar-refractivity contribution is 5.90. The molecule has 2 N–H and O–H groups in total. The molecule has 0 saturated carbocycles. The molecule has 5 nitrogen and oxygen atoms in total. The normalized spacial score (nSPS) is 10.6. The van der Waals surface area contributed by atoms with Crippen molar-refractivity contribution in [1.82, 2.24) is 9.97 Å². The first-order valence-electron chi connectivity index (χ1n) is 7.08. The van der Waals surface area contributed by atoms with Gasteiger partial charge in [-0.3, -0.25) is 0 Å². The number of aliphatic hydroxyl groups excluding tert-OH is 1. The zero-order valence-corrected chi connectivity index (χ0v) is 12.3. The summed E-state index contributed by atoms with van der Waals surface area (Å²) in [6.07, 6.45) is 0. The van der Waals surface area contributed by atoms with E-state index in [0.717, 1.165) is 28.0 Å². The van der Waals surface area contributed by atoms with E-state index in [4.69, 9.17) is 9.84 Å². The zero-order chi connectivity index (χ0) is 15.4. The van der Waals surface area contributed by atoms with Crippen molar-refractivity contribution < 1.29 is 9.84 Å². The van der Waals surface area contributed by atoms with E-state index in [1.807, 2.05) is 48.5 Å². The lowest BCUT2D eigenvalue weighted by atomic mass is 10.1. The summed E-state index contributed by atoms with van der Waals surface area (Å²) >= 11 is 0. The summed E-state index contributed by atoms with van der Waals surface area (Å²) < 4.78 is 5.25. The standard InChI is InChI=1S/C17H17N3O2/c1-22-13-6-4-5-12(11-13)16-19-15-8-3-2-7-14(15)17(20-16)18-9-10-21/h2-8,11,21H,9-10H2,1H3,(H,18,19,20). The van der Waals surface area contributed by atoms with Gasteiger partial charge in [-0.2, -0.15) is 0 Å². The second kappa shape index (κ2) is 6.41. The summed E-state index contributed by atoms with van der Waals surface area (Å²) in [5.74, 6) is 2.11. The van der Waals surface area contributed by atoms with E-state index in [0.29, 0.717) is 12.4 Å². The average molecular weight is 295 g/mol. The first kappa shape index (κ1) is 14.3. The molecule has 0 aliphatic rings. The van der Waals surface area contributed by atoms with Gasteiger partial charge in [-0.15, -0.1) is 0 Å². The van der Waals surface area contributed by atoms with Crippen molar-refractivity contribution in [2.45, 2.75) is 0 Å². The van der Waals surface area contributed by atoms with Gasteiger partial charge in [0, 0.05) is 17.5 Å². The summed E-state index contributed by atoms with van der Waals surface area (Å²) in [5.41, 5.74) is 1.74. The maximum absolute atomic E-state index is 9.03. The molecule has 1 aromatic heterocycles. The number of anilines is 1. The molecule has 3 aromatic rings. The fourth-order valence-corrected chi connectivity index (χ4v) is 2.28.